The molecule has 0 saturated heterocycles. The molecule has 0 aromatic heterocycles. The van der Waals surface area contributed by atoms with E-state index in [0.717, 1.165) is 11.8 Å². The smallest absolute Gasteiger partial charge is 0.0596 e. The van der Waals surface area contributed by atoms with E-state index in [1.165, 1.54) is 83.5 Å². The van der Waals surface area contributed by atoms with E-state index in [0.29, 0.717) is 11.8 Å². The molecule has 0 aromatic rings. The van der Waals surface area contributed by atoms with Gasteiger partial charge in [0.1, 0.15) is 0 Å². The van der Waals surface area contributed by atoms with Crippen LogP contribution in [0, 0.1) is 23.7 Å². The van der Waals surface area contributed by atoms with Gasteiger partial charge in [0.15, 0.2) is 0 Å². The van der Waals surface area contributed by atoms with Gasteiger partial charge in [0, 0.05) is 0 Å². The number of aliphatic hydroxyl groups excluding tert-OH is 1. The number of hydrogen-bond donors (Lipinski definition) is 1. The molecule has 110 valence electrons. The fraction of sp³-hybridized carbons (Fsp3) is 1.00. The highest BCUT2D eigenvalue weighted by Gasteiger charge is 2.34. The lowest BCUT2D eigenvalue weighted by molar-refractivity contribution is 0.00795. The van der Waals surface area contributed by atoms with Crippen molar-refractivity contribution in [2.75, 3.05) is 0 Å². The Bertz CT molecular complexity index is 255. The van der Waals surface area contributed by atoms with Crippen LogP contribution in [0.2, 0.25) is 0 Å². The number of aliphatic hydroxyl groups is 1. The van der Waals surface area contributed by atoms with Crippen molar-refractivity contribution < 1.29 is 5.11 Å². The molecule has 3 saturated carbocycles. The quantitative estimate of drug-likeness (QED) is 0.766. The molecule has 1 atom stereocenters. The highest BCUT2D eigenvalue weighted by molar-refractivity contribution is 4.86. The van der Waals surface area contributed by atoms with Gasteiger partial charge in [0.05, 0.1) is 6.10 Å². The van der Waals surface area contributed by atoms with Crippen LogP contribution in [0.1, 0.15) is 83.5 Å². The summed E-state index contributed by atoms with van der Waals surface area (Å²) in [5.74, 6) is 3.34. The molecule has 1 unspecified atom stereocenters. The summed E-state index contributed by atoms with van der Waals surface area (Å²) in [4.78, 5) is 0. The predicted octanol–water partition coefficient (Wildman–Crippen LogP) is 4.92. The van der Waals surface area contributed by atoms with Gasteiger partial charge in [0.25, 0.3) is 0 Å². The zero-order valence-corrected chi connectivity index (χ0v) is 12.5. The monoisotopic (exact) mass is 264 g/mol. The van der Waals surface area contributed by atoms with E-state index in [1.54, 1.807) is 0 Å². The molecule has 19 heavy (non-hydrogen) atoms. The predicted molar refractivity (Wildman–Crippen MR) is 80.0 cm³/mol. The molecule has 0 radical (unpaired) electrons. The maximum Gasteiger partial charge on any atom is 0.0596 e. The zero-order valence-electron chi connectivity index (χ0n) is 12.5. The summed E-state index contributed by atoms with van der Waals surface area (Å²) < 4.78 is 0. The minimum Gasteiger partial charge on any atom is -0.393 e. The molecule has 1 N–H and O–H groups in total. The Kier molecular flexibility index (Phi) is 4.84. The van der Waals surface area contributed by atoms with Crippen LogP contribution < -0.4 is 0 Å². The topological polar surface area (TPSA) is 20.2 Å². The first-order valence-electron chi connectivity index (χ1n) is 9.02. The third-order valence-corrected chi connectivity index (χ3v) is 6.50. The molecule has 3 rings (SSSR count). The second-order valence-corrected chi connectivity index (χ2v) is 7.61. The molecule has 3 fully saturated rings. The van der Waals surface area contributed by atoms with E-state index < -0.39 is 0 Å². The van der Waals surface area contributed by atoms with E-state index in [2.05, 4.69) is 0 Å². The Hall–Kier alpha value is -0.0400. The van der Waals surface area contributed by atoms with Crippen molar-refractivity contribution in [2.24, 2.45) is 23.7 Å². The second kappa shape index (κ2) is 6.61. The summed E-state index contributed by atoms with van der Waals surface area (Å²) in [6, 6.07) is 0. The van der Waals surface area contributed by atoms with Crippen LogP contribution in [-0.4, -0.2) is 11.2 Å². The lowest BCUT2D eigenvalue weighted by Crippen LogP contribution is -2.34. The third kappa shape index (κ3) is 3.35. The molecule has 1 nitrogen and oxygen atoms in total. The molecule has 0 bridgehead atoms. The van der Waals surface area contributed by atoms with Crippen LogP contribution in [-0.2, 0) is 0 Å². The maximum atomic E-state index is 10.7. The van der Waals surface area contributed by atoms with Crippen molar-refractivity contribution in [3.8, 4) is 0 Å². The van der Waals surface area contributed by atoms with Crippen molar-refractivity contribution in [1.82, 2.24) is 0 Å². The molecule has 0 amide bonds. The average Bonchev–Trinajstić information content (AvgIpc) is 3.02. The highest BCUT2D eigenvalue weighted by Crippen LogP contribution is 2.43. The minimum atomic E-state index is 0.0322. The SMILES string of the molecule is OC(C1CCCCC1)C1CCC(C2CCCC2)CC1. The van der Waals surface area contributed by atoms with Gasteiger partial charge in [-0.2, -0.15) is 0 Å². The van der Waals surface area contributed by atoms with Gasteiger partial charge in [-0.1, -0.05) is 44.9 Å². The van der Waals surface area contributed by atoms with Gasteiger partial charge in [-0.05, 0) is 62.2 Å². The maximum absolute atomic E-state index is 10.7. The Balaban J connectivity index is 1.46. The summed E-state index contributed by atoms with van der Waals surface area (Å²) in [6.45, 7) is 0. The van der Waals surface area contributed by atoms with Crippen LogP contribution in [0.15, 0.2) is 0 Å². The fourth-order valence-electron chi connectivity index (χ4n) is 5.25. The van der Waals surface area contributed by atoms with Crippen LogP contribution in [0.4, 0.5) is 0 Å². The molecule has 3 aliphatic carbocycles. The largest absolute Gasteiger partial charge is 0.393 e. The van der Waals surface area contributed by atoms with Crippen LogP contribution in [0.25, 0.3) is 0 Å². The minimum absolute atomic E-state index is 0.0322. The lowest BCUT2D eigenvalue weighted by atomic mass is 9.70. The standard InChI is InChI=1S/C18H32O/c19-18(16-8-2-1-3-9-16)17-12-10-15(11-13-17)14-6-4-5-7-14/h14-19H,1-13H2. The fourth-order valence-corrected chi connectivity index (χ4v) is 5.25. The summed E-state index contributed by atoms with van der Waals surface area (Å²) in [6.07, 6.45) is 18.2. The summed E-state index contributed by atoms with van der Waals surface area (Å²) in [5.41, 5.74) is 0. The molecule has 0 aliphatic heterocycles. The molecule has 1 heteroatoms. The van der Waals surface area contributed by atoms with Crippen molar-refractivity contribution in [3.05, 3.63) is 0 Å². The molecule has 0 heterocycles. The Morgan fingerprint density at radius 1 is 0.526 bits per heavy atom. The molecule has 3 aliphatic rings. The first-order chi connectivity index (χ1) is 9.34. The van der Waals surface area contributed by atoms with E-state index in [4.69, 9.17) is 0 Å². The van der Waals surface area contributed by atoms with Crippen LogP contribution in [0.5, 0.6) is 0 Å². The van der Waals surface area contributed by atoms with Gasteiger partial charge < -0.3 is 5.11 Å². The molecule has 0 spiro atoms. The number of rotatable bonds is 3. The second-order valence-electron chi connectivity index (χ2n) is 7.61. The van der Waals surface area contributed by atoms with Crippen LogP contribution >= 0.6 is 0 Å². The first-order valence-corrected chi connectivity index (χ1v) is 9.02. The number of hydrogen-bond acceptors (Lipinski definition) is 1. The molecule has 0 aromatic carbocycles. The van der Waals surface area contributed by atoms with Crippen molar-refractivity contribution in [2.45, 2.75) is 89.6 Å². The normalized spacial score (nSPS) is 36.5. The van der Waals surface area contributed by atoms with E-state index in [-0.39, 0.29) is 6.10 Å². The highest BCUT2D eigenvalue weighted by atomic mass is 16.3. The van der Waals surface area contributed by atoms with Gasteiger partial charge >= 0.3 is 0 Å². The summed E-state index contributed by atoms with van der Waals surface area (Å²) >= 11 is 0. The lowest BCUT2D eigenvalue weighted by Gasteiger charge is -2.38. The first kappa shape index (κ1) is 13.9. The van der Waals surface area contributed by atoms with Crippen molar-refractivity contribution in [3.63, 3.8) is 0 Å². The van der Waals surface area contributed by atoms with Gasteiger partial charge in [0.2, 0.25) is 0 Å². The molecular formula is C18H32O. The molecular weight excluding hydrogens is 232 g/mol. The summed E-state index contributed by atoms with van der Waals surface area (Å²) in [5, 5.41) is 10.7. The Labute approximate surface area is 119 Å². The Morgan fingerprint density at radius 2 is 1.00 bits per heavy atom. The summed E-state index contributed by atoms with van der Waals surface area (Å²) in [7, 11) is 0. The van der Waals surface area contributed by atoms with E-state index in [9.17, 15) is 5.11 Å². The van der Waals surface area contributed by atoms with Crippen LogP contribution in [0.3, 0.4) is 0 Å². The van der Waals surface area contributed by atoms with Gasteiger partial charge in [-0.3, -0.25) is 0 Å². The van der Waals surface area contributed by atoms with E-state index in [1.807, 2.05) is 0 Å². The average molecular weight is 264 g/mol. The Morgan fingerprint density at radius 3 is 1.63 bits per heavy atom. The van der Waals surface area contributed by atoms with Crippen molar-refractivity contribution >= 4 is 0 Å². The van der Waals surface area contributed by atoms with Crippen molar-refractivity contribution in [1.29, 1.82) is 0 Å². The zero-order chi connectivity index (χ0) is 13.1. The van der Waals surface area contributed by atoms with Gasteiger partial charge in [-0.25, -0.2) is 0 Å². The van der Waals surface area contributed by atoms with E-state index >= 15 is 0 Å². The third-order valence-electron chi connectivity index (χ3n) is 6.50. The van der Waals surface area contributed by atoms with Gasteiger partial charge in [-0.15, -0.1) is 0 Å².